The van der Waals surface area contributed by atoms with Gasteiger partial charge in [0, 0.05) is 35.6 Å². The van der Waals surface area contributed by atoms with Crippen LogP contribution in [0.1, 0.15) is 29.3 Å². The first-order chi connectivity index (χ1) is 13.5. The van der Waals surface area contributed by atoms with Crippen LogP contribution < -0.4 is 10.9 Å². The number of nitrogens with zero attached hydrogens (tertiary/aromatic N) is 3. The number of hydrogen-bond donors (Lipinski definition) is 1. The number of hydrogen-bond acceptors (Lipinski definition) is 6. The van der Waals surface area contributed by atoms with Gasteiger partial charge in [0.2, 0.25) is 5.91 Å². The van der Waals surface area contributed by atoms with Crippen molar-refractivity contribution >= 4 is 17.7 Å². The Morgan fingerprint density at radius 3 is 2.89 bits per heavy atom. The van der Waals surface area contributed by atoms with Crippen molar-refractivity contribution in [1.82, 2.24) is 20.0 Å². The van der Waals surface area contributed by atoms with Gasteiger partial charge in [-0.15, -0.1) is 0 Å². The van der Waals surface area contributed by atoms with E-state index in [-0.39, 0.29) is 30.5 Å². The van der Waals surface area contributed by atoms with Crippen LogP contribution in [0.4, 0.5) is 0 Å². The van der Waals surface area contributed by atoms with Crippen LogP contribution in [0.2, 0.25) is 0 Å². The molecule has 0 fully saturated rings. The monoisotopic (exact) mass is 396 g/mol. The molecule has 144 valence electrons. The fraction of sp³-hybridized carbons (Fsp3) is 0.300. The second-order valence-corrected chi connectivity index (χ2v) is 7.88. The summed E-state index contributed by atoms with van der Waals surface area (Å²) < 4.78 is 7.00. The first kappa shape index (κ1) is 18.5. The van der Waals surface area contributed by atoms with Gasteiger partial charge >= 0.3 is 0 Å². The van der Waals surface area contributed by atoms with E-state index in [0.717, 1.165) is 5.56 Å². The molecule has 2 aromatic heterocycles. The summed E-state index contributed by atoms with van der Waals surface area (Å²) in [6.07, 6.45) is 1.81. The third-order valence-electron chi connectivity index (χ3n) is 4.68. The van der Waals surface area contributed by atoms with Crippen molar-refractivity contribution in [1.29, 1.82) is 0 Å². The number of rotatable bonds is 5. The third-order valence-corrected chi connectivity index (χ3v) is 5.80. The van der Waals surface area contributed by atoms with Crippen molar-refractivity contribution in [3.8, 4) is 11.3 Å². The molecule has 0 aliphatic carbocycles. The molecule has 4 rings (SSSR count). The van der Waals surface area contributed by atoms with E-state index in [2.05, 4.69) is 15.5 Å². The largest absolute Gasteiger partial charge is 0.356 e. The van der Waals surface area contributed by atoms with Gasteiger partial charge in [-0.1, -0.05) is 46.7 Å². The first-order valence-electron chi connectivity index (χ1n) is 9.01. The van der Waals surface area contributed by atoms with Crippen molar-refractivity contribution in [3.63, 3.8) is 0 Å². The lowest BCUT2D eigenvalue weighted by atomic mass is 10.1. The minimum Gasteiger partial charge on any atom is -0.356 e. The highest BCUT2D eigenvalue weighted by atomic mass is 32.2. The third kappa shape index (κ3) is 3.73. The topological polar surface area (TPSA) is 90.0 Å². The fourth-order valence-electron chi connectivity index (χ4n) is 3.09. The highest BCUT2D eigenvalue weighted by Crippen LogP contribution is 2.31. The van der Waals surface area contributed by atoms with Crippen molar-refractivity contribution in [2.75, 3.05) is 5.75 Å². The Labute approximate surface area is 166 Å². The lowest BCUT2D eigenvalue weighted by Crippen LogP contribution is -2.31. The molecule has 0 radical (unpaired) electrons. The van der Waals surface area contributed by atoms with Gasteiger partial charge < -0.3 is 9.84 Å². The van der Waals surface area contributed by atoms with Gasteiger partial charge in [-0.25, -0.2) is 4.98 Å². The van der Waals surface area contributed by atoms with Gasteiger partial charge in [0.25, 0.3) is 5.56 Å². The van der Waals surface area contributed by atoms with E-state index in [9.17, 15) is 9.59 Å². The second-order valence-electron chi connectivity index (χ2n) is 6.89. The number of fused-ring (bicyclic) bond motifs is 1. The quantitative estimate of drug-likeness (QED) is 0.667. The Morgan fingerprint density at radius 2 is 2.11 bits per heavy atom. The molecule has 1 aliphatic heterocycles. The Balaban J connectivity index is 1.37. The highest BCUT2D eigenvalue weighted by Gasteiger charge is 2.27. The molecule has 1 amide bonds. The SMILES string of the molecule is Cc1ccc(-c2cc(CNC(=O)CC3CSc4ncc(C)c(=O)n43)no2)cc1. The molecule has 1 aliphatic rings. The predicted molar refractivity (Wildman–Crippen MR) is 106 cm³/mol. The second kappa shape index (κ2) is 7.63. The maximum atomic E-state index is 12.4. The van der Waals surface area contributed by atoms with Crippen molar-refractivity contribution in [2.45, 2.75) is 38.0 Å². The Bertz CT molecular complexity index is 1070. The Morgan fingerprint density at radius 1 is 1.32 bits per heavy atom. The number of amides is 1. The van der Waals surface area contributed by atoms with Crippen LogP contribution in [-0.4, -0.2) is 26.4 Å². The number of aromatic nitrogens is 3. The lowest BCUT2D eigenvalue weighted by molar-refractivity contribution is -0.121. The van der Waals surface area contributed by atoms with Crippen LogP contribution in [0.5, 0.6) is 0 Å². The zero-order valence-electron chi connectivity index (χ0n) is 15.6. The van der Waals surface area contributed by atoms with Crippen LogP contribution in [0, 0.1) is 13.8 Å². The normalized spacial score (nSPS) is 15.4. The summed E-state index contributed by atoms with van der Waals surface area (Å²) in [5.74, 6) is 1.20. The van der Waals surface area contributed by atoms with Crippen LogP contribution in [0.25, 0.3) is 11.3 Å². The lowest BCUT2D eigenvalue weighted by Gasteiger charge is -2.13. The average Bonchev–Trinajstić information content (AvgIpc) is 3.31. The molecule has 1 aromatic carbocycles. The first-order valence-corrected chi connectivity index (χ1v) is 10.00. The van der Waals surface area contributed by atoms with E-state index in [0.29, 0.717) is 27.9 Å². The summed E-state index contributed by atoms with van der Waals surface area (Å²) in [4.78, 5) is 29.0. The van der Waals surface area contributed by atoms with Gasteiger partial charge in [-0.2, -0.15) is 0 Å². The minimum absolute atomic E-state index is 0.0768. The van der Waals surface area contributed by atoms with E-state index in [4.69, 9.17) is 4.52 Å². The Hall–Kier alpha value is -2.87. The molecule has 0 saturated heterocycles. The summed E-state index contributed by atoms with van der Waals surface area (Å²) in [6, 6.07) is 9.61. The molecule has 1 N–H and O–H groups in total. The van der Waals surface area contributed by atoms with Crippen molar-refractivity contribution in [2.24, 2.45) is 0 Å². The molecule has 28 heavy (non-hydrogen) atoms. The van der Waals surface area contributed by atoms with E-state index in [1.165, 1.54) is 17.3 Å². The number of benzene rings is 1. The van der Waals surface area contributed by atoms with Crippen LogP contribution in [0.15, 0.2) is 51.0 Å². The minimum atomic E-state index is -0.180. The zero-order valence-corrected chi connectivity index (χ0v) is 16.5. The number of thioether (sulfide) groups is 1. The van der Waals surface area contributed by atoms with E-state index < -0.39 is 0 Å². The van der Waals surface area contributed by atoms with Crippen LogP contribution in [-0.2, 0) is 11.3 Å². The molecule has 3 aromatic rings. The van der Waals surface area contributed by atoms with Gasteiger partial charge in [0.15, 0.2) is 10.9 Å². The fourth-order valence-corrected chi connectivity index (χ4v) is 4.20. The number of carbonyl (C=O) groups is 1. The molecule has 1 unspecified atom stereocenters. The molecule has 0 spiro atoms. The van der Waals surface area contributed by atoms with Crippen LogP contribution >= 0.6 is 11.8 Å². The molecular weight excluding hydrogens is 376 g/mol. The van der Waals surface area contributed by atoms with E-state index in [1.54, 1.807) is 17.7 Å². The zero-order chi connectivity index (χ0) is 19.7. The molecule has 7 nitrogen and oxygen atoms in total. The van der Waals surface area contributed by atoms with Crippen LogP contribution in [0.3, 0.4) is 0 Å². The number of aryl methyl sites for hydroxylation is 2. The molecule has 8 heteroatoms. The molecule has 1 atom stereocenters. The molecule has 3 heterocycles. The van der Waals surface area contributed by atoms with Gasteiger partial charge in [-0.3, -0.25) is 14.2 Å². The average molecular weight is 396 g/mol. The maximum absolute atomic E-state index is 12.4. The molecule has 0 saturated carbocycles. The van der Waals surface area contributed by atoms with E-state index in [1.807, 2.05) is 37.3 Å². The van der Waals surface area contributed by atoms with Gasteiger partial charge in [0.1, 0.15) is 5.69 Å². The molecule has 0 bridgehead atoms. The molecular formula is C20H20N4O3S. The number of nitrogens with one attached hydrogen (secondary N) is 1. The smallest absolute Gasteiger partial charge is 0.257 e. The predicted octanol–water partition coefficient (Wildman–Crippen LogP) is 2.87. The summed E-state index contributed by atoms with van der Waals surface area (Å²) in [6.45, 7) is 4.04. The summed E-state index contributed by atoms with van der Waals surface area (Å²) >= 11 is 1.50. The number of carbonyl (C=O) groups excluding carboxylic acids is 1. The highest BCUT2D eigenvalue weighted by molar-refractivity contribution is 7.99. The van der Waals surface area contributed by atoms with Crippen molar-refractivity contribution in [3.05, 3.63) is 63.7 Å². The summed E-state index contributed by atoms with van der Waals surface area (Å²) in [5.41, 5.74) is 3.28. The summed E-state index contributed by atoms with van der Waals surface area (Å²) in [7, 11) is 0. The van der Waals surface area contributed by atoms with Gasteiger partial charge in [0.05, 0.1) is 12.6 Å². The van der Waals surface area contributed by atoms with E-state index >= 15 is 0 Å². The maximum Gasteiger partial charge on any atom is 0.257 e. The summed E-state index contributed by atoms with van der Waals surface area (Å²) in [5, 5.41) is 7.55. The Kier molecular flexibility index (Phi) is 5.04. The van der Waals surface area contributed by atoms with Gasteiger partial charge in [-0.05, 0) is 13.8 Å². The standard InChI is InChI=1S/C20H20N4O3S/c1-12-3-5-14(6-4-12)17-7-15(23-27-17)10-21-18(25)8-16-11-28-20-22-9-13(2)19(26)24(16)20/h3-7,9,16H,8,10-11H2,1-2H3,(H,21,25). The van der Waals surface area contributed by atoms with Crippen molar-refractivity contribution < 1.29 is 9.32 Å².